The fourth-order valence-electron chi connectivity index (χ4n) is 2.05. The van der Waals surface area contributed by atoms with Crippen molar-refractivity contribution in [1.29, 1.82) is 0 Å². The van der Waals surface area contributed by atoms with Crippen LogP contribution in [0.15, 0.2) is 73.3 Å². The van der Waals surface area contributed by atoms with E-state index in [2.05, 4.69) is 23.8 Å². The minimum atomic E-state index is -0.132. The van der Waals surface area contributed by atoms with Crippen LogP contribution in [-0.2, 0) is 4.79 Å². The number of ether oxygens (including phenoxy) is 2. The SMILES string of the molecule is C=CCOc1ccc(NCC(=O)Nc2ccc(OCC(=C)C)cc2)cc1. The summed E-state index contributed by atoms with van der Waals surface area (Å²) >= 11 is 0. The van der Waals surface area contributed by atoms with E-state index < -0.39 is 0 Å². The van der Waals surface area contributed by atoms with E-state index in [1.807, 2.05) is 43.3 Å². The van der Waals surface area contributed by atoms with Gasteiger partial charge in [0.1, 0.15) is 24.7 Å². The van der Waals surface area contributed by atoms with E-state index in [4.69, 9.17) is 9.47 Å². The lowest BCUT2D eigenvalue weighted by atomic mass is 10.3. The molecule has 0 aromatic heterocycles. The van der Waals surface area contributed by atoms with Crippen LogP contribution in [0.5, 0.6) is 11.5 Å². The Morgan fingerprint density at radius 3 is 2.15 bits per heavy atom. The molecule has 0 aliphatic rings. The smallest absolute Gasteiger partial charge is 0.243 e. The van der Waals surface area contributed by atoms with Crippen molar-refractivity contribution in [3.63, 3.8) is 0 Å². The van der Waals surface area contributed by atoms with Crippen molar-refractivity contribution in [2.24, 2.45) is 0 Å². The van der Waals surface area contributed by atoms with E-state index in [1.165, 1.54) is 0 Å². The summed E-state index contributed by atoms with van der Waals surface area (Å²) in [5.74, 6) is 1.37. The number of hydrogen-bond acceptors (Lipinski definition) is 4. The highest BCUT2D eigenvalue weighted by Gasteiger charge is 2.03. The molecule has 136 valence electrons. The van der Waals surface area contributed by atoms with Crippen molar-refractivity contribution in [3.05, 3.63) is 73.3 Å². The highest BCUT2D eigenvalue weighted by atomic mass is 16.5. The van der Waals surface area contributed by atoms with Gasteiger partial charge < -0.3 is 20.1 Å². The molecule has 0 spiro atoms. The number of hydrogen-bond donors (Lipinski definition) is 2. The third-order valence-electron chi connectivity index (χ3n) is 3.30. The Balaban J connectivity index is 1.77. The van der Waals surface area contributed by atoms with Crippen molar-refractivity contribution in [2.45, 2.75) is 6.92 Å². The van der Waals surface area contributed by atoms with E-state index in [0.29, 0.717) is 18.9 Å². The quantitative estimate of drug-likeness (QED) is 0.627. The molecule has 2 aromatic rings. The Bertz CT molecular complexity index is 737. The normalized spacial score (nSPS) is 9.88. The Morgan fingerprint density at radius 1 is 1.00 bits per heavy atom. The molecule has 1 amide bonds. The summed E-state index contributed by atoms with van der Waals surface area (Å²) in [5, 5.41) is 5.90. The summed E-state index contributed by atoms with van der Waals surface area (Å²) in [6, 6.07) is 14.6. The average Bonchev–Trinajstić information content (AvgIpc) is 2.65. The Morgan fingerprint density at radius 2 is 1.58 bits per heavy atom. The van der Waals surface area contributed by atoms with Gasteiger partial charge >= 0.3 is 0 Å². The van der Waals surface area contributed by atoms with Gasteiger partial charge in [0.25, 0.3) is 0 Å². The zero-order valence-corrected chi connectivity index (χ0v) is 15.0. The van der Waals surface area contributed by atoms with Crippen LogP contribution in [0.4, 0.5) is 11.4 Å². The van der Waals surface area contributed by atoms with E-state index in [1.54, 1.807) is 18.2 Å². The summed E-state index contributed by atoms with van der Waals surface area (Å²) in [5.41, 5.74) is 2.51. The first-order valence-electron chi connectivity index (χ1n) is 8.31. The monoisotopic (exact) mass is 352 g/mol. The zero-order valence-electron chi connectivity index (χ0n) is 15.0. The van der Waals surface area contributed by atoms with Gasteiger partial charge in [-0.3, -0.25) is 4.79 Å². The number of amides is 1. The van der Waals surface area contributed by atoms with Crippen LogP contribution in [0.2, 0.25) is 0 Å². The van der Waals surface area contributed by atoms with Crippen LogP contribution in [0.25, 0.3) is 0 Å². The second-order valence-corrected chi connectivity index (χ2v) is 5.80. The average molecular weight is 352 g/mol. The molecule has 0 saturated heterocycles. The number of benzene rings is 2. The van der Waals surface area contributed by atoms with Crippen molar-refractivity contribution in [1.82, 2.24) is 0 Å². The summed E-state index contributed by atoms with van der Waals surface area (Å²) in [7, 11) is 0. The molecular formula is C21H24N2O3. The fraction of sp³-hybridized carbons (Fsp3) is 0.190. The molecule has 5 heteroatoms. The predicted molar refractivity (Wildman–Crippen MR) is 106 cm³/mol. The van der Waals surface area contributed by atoms with Crippen LogP contribution in [0, 0.1) is 0 Å². The molecule has 0 bridgehead atoms. The molecule has 0 fully saturated rings. The summed E-state index contributed by atoms with van der Waals surface area (Å²) in [6.07, 6.45) is 1.69. The second-order valence-electron chi connectivity index (χ2n) is 5.80. The van der Waals surface area contributed by atoms with Crippen molar-refractivity contribution < 1.29 is 14.3 Å². The highest BCUT2D eigenvalue weighted by Crippen LogP contribution is 2.17. The van der Waals surface area contributed by atoms with E-state index in [0.717, 1.165) is 22.8 Å². The van der Waals surface area contributed by atoms with Crippen LogP contribution in [0.3, 0.4) is 0 Å². The van der Waals surface area contributed by atoms with E-state index >= 15 is 0 Å². The minimum absolute atomic E-state index is 0.132. The number of nitrogens with one attached hydrogen (secondary N) is 2. The van der Waals surface area contributed by atoms with Gasteiger partial charge in [0.2, 0.25) is 5.91 Å². The Labute approximate surface area is 154 Å². The molecular weight excluding hydrogens is 328 g/mol. The maximum atomic E-state index is 12.0. The molecule has 0 aliphatic carbocycles. The molecule has 0 saturated carbocycles. The van der Waals surface area contributed by atoms with Gasteiger partial charge in [0.05, 0.1) is 6.54 Å². The Kier molecular flexibility index (Phi) is 7.31. The topological polar surface area (TPSA) is 59.6 Å². The first kappa shape index (κ1) is 19.1. The molecule has 0 unspecified atom stereocenters. The van der Waals surface area contributed by atoms with Crippen LogP contribution < -0.4 is 20.1 Å². The predicted octanol–water partition coefficient (Wildman–Crippen LogP) is 4.26. The molecule has 0 heterocycles. The second kappa shape index (κ2) is 9.93. The third kappa shape index (κ3) is 6.73. The molecule has 0 atom stereocenters. The molecule has 26 heavy (non-hydrogen) atoms. The lowest BCUT2D eigenvalue weighted by Crippen LogP contribution is -2.21. The lowest BCUT2D eigenvalue weighted by molar-refractivity contribution is -0.114. The number of carbonyl (C=O) groups is 1. The minimum Gasteiger partial charge on any atom is -0.490 e. The standard InChI is InChI=1S/C21H24N2O3/c1-4-13-25-19-9-5-17(6-10-19)22-14-21(24)23-18-7-11-20(12-8-18)26-15-16(2)3/h4-12,22H,1-2,13-15H2,3H3,(H,23,24). The van der Waals surface area contributed by atoms with Gasteiger partial charge in [-0.1, -0.05) is 19.2 Å². The van der Waals surface area contributed by atoms with Crippen molar-refractivity contribution >= 4 is 17.3 Å². The number of rotatable bonds is 10. The summed E-state index contributed by atoms with van der Waals surface area (Å²) in [4.78, 5) is 12.0. The van der Waals surface area contributed by atoms with Crippen LogP contribution >= 0.6 is 0 Å². The molecule has 0 aliphatic heterocycles. The number of anilines is 2. The van der Waals surface area contributed by atoms with Gasteiger partial charge in [-0.2, -0.15) is 0 Å². The van der Waals surface area contributed by atoms with E-state index in [-0.39, 0.29) is 12.5 Å². The molecule has 0 radical (unpaired) electrons. The first-order valence-corrected chi connectivity index (χ1v) is 8.31. The molecule has 2 rings (SSSR count). The molecule has 2 aromatic carbocycles. The third-order valence-corrected chi connectivity index (χ3v) is 3.30. The van der Waals surface area contributed by atoms with Gasteiger partial charge in [-0.15, -0.1) is 0 Å². The number of carbonyl (C=O) groups excluding carboxylic acids is 1. The fourth-order valence-corrected chi connectivity index (χ4v) is 2.05. The zero-order chi connectivity index (χ0) is 18.8. The summed E-state index contributed by atoms with van der Waals surface area (Å²) < 4.78 is 10.9. The molecule has 5 nitrogen and oxygen atoms in total. The maximum Gasteiger partial charge on any atom is 0.243 e. The van der Waals surface area contributed by atoms with Crippen molar-refractivity contribution in [3.8, 4) is 11.5 Å². The van der Waals surface area contributed by atoms with Gasteiger partial charge in [-0.25, -0.2) is 0 Å². The van der Waals surface area contributed by atoms with Crippen LogP contribution in [0.1, 0.15) is 6.92 Å². The largest absolute Gasteiger partial charge is 0.490 e. The Hall–Kier alpha value is -3.21. The summed E-state index contributed by atoms with van der Waals surface area (Å²) in [6.45, 7) is 10.4. The first-order chi connectivity index (χ1) is 12.6. The van der Waals surface area contributed by atoms with Gasteiger partial charge in [0, 0.05) is 11.4 Å². The van der Waals surface area contributed by atoms with Crippen molar-refractivity contribution in [2.75, 3.05) is 30.4 Å². The van der Waals surface area contributed by atoms with Crippen LogP contribution in [-0.4, -0.2) is 25.7 Å². The highest BCUT2D eigenvalue weighted by molar-refractivity contribution is 5.93. The van der Waals surface area contributed by atoms with E-state index in [9.17, 15) is 4.79 Å². The van der Waals surface area contributed by atoms with Gasteiger partial charge in [0.15, 0.2) is 0 Å². The van der Waals surface area contributed by atoms with Gasteiger partial charge in [-0.05, 0) is 61.0 Å². The maximum absolute atomic E-state index is 12.0. The lowest BCUT2D eigenvalue weighted by Gasteiger charge is -2.10. The molecule has 2 N–H and O–H groups in total.